The first-order chi connectivity index (χ1) is 12.0. The number of ether oxygens (including phenoxy) is 1. The highest BCUT2D eigenvalue weighted by Crippen LogP contribution is 2.20. The second-order valence-corrected chi connectivity index (χ2v) is 6.04. The quantitative estimate of drug-likeness (QED) is 0.549. The van der Waals surface area contributed by atoms with Crippen LogP contribution in [-0.2, 0) is 4.79 Å². The molecule has 0 heterocycles. The van der Waals surface area contributed by atoms with Gasteiger partial charge in [0, 0.05) is 22.0 Å². The largest absolute Gasteiger partial charge is 0.494 e. The number of aryl methyl sites for hydroxylation is 1. The molecule has 5 nitrogen and oxygen atoms in total. The van der Waals surface area contributed by atoms with Crippen LogP contribution in [0.2, 0.25) is 0 Å². The lowest BCUT2D eigenvalue weighted by Crippen LogP contribution is -2.14. The molecule has 0 spiro atoms. The van der Waals surface area contributed by atoms with Gasteiger partial charge in [-0.1, -0.05) is 15.9 Å². The third-order valence-electron chi connectivity index (χ3n) is 3.33. The number of halogens is 1. The monoisotopic (exact) mass is 399 g/mol. The van der Waals surface area contributed by atoms with E-state index in [9.17, 15) is 10.1 Å². The van der Waals surface area contributed by atoms with Gasteiger partial charge in [-0.05, 0) is 61.9 Å². The molecule has 6 heteroatoms. The van der Waals surface area contributed by atoms with Crippen LogP contribution in [0.4, 0.5) is 11.4 Å². The molecule has 128 valence electrons. The van der Waals surface area contributed by atoms with Crippen LogP contribution in [-0.4, -0.2) is 12.5 Å². The van der Waals surface area contributed by atoms with E-state index in [1.54, 1.807) is 24.3 Å². The van der Waals surface area contributed by atoms with Gasteiger partial charge in [0.2, 0.25) is 0 Å². The lowest BCUT2D eigenvalue weighted by molar-refractivity contribution is -0.112. The number of nitriles is 1. The predicted molar refractivity (Wildman–Crippen MR) is 102 cm³/mol. The Morgan fingerprint density at radius 3 is 2.52 bits per heavy atom. The molecular formula is C19H18BrN3O2. The maximum absolute atomic E-state index is 12.2. The van der Waals surface area contributed by atoms with E-state index in [0.717, 1.165) is 21.5 Å². The summed E-state index contributed by atoms with van der Waals surface area (Å²) >= 11 is 3.43. The van der Waals surface area contributed by atoms with E-state index >= 15 is 0 Å². The van der Waals surface area contributed by atoms with Crippen LogP contribution >= 0.6 is 15.9 Å². The van der Waals surface area contributed by atoms with Crippen molar-refractivity contribution in [2.75, 3.05) is 17.2 Å². The third-order valence-corrected chi connectivity index (χ3v) is 4.22. The van der Waals surface area contributed by atoms with Gasteiger partial charge in [-0.25, -0.2) is 0 Å². The van der Waals surface area contributed by atoms with Crippen LogP contribution in [0.1, 0.15) is 12.5 Å². The van der Waals surface area contributed by atoms with Gasteiger partial charge in [-0.2, -0.15) is 5.26 Å². The summed E-state index contributed by atoms with van der Waals surface area (Å²) in [7, 11) is 0. The Kier molecular flexibility index (Phi) is 6.61. The summed E-state index contributed by atoms with van der Waals surface area (Å²) in [5.74, 6) is 0.247. The summed E-state index contributed by atoms with van der Waals surface area (Å²) in [6.07, 6.45) is 1.40. The molecule has 0 bridgehead atoms. The van der Waals surface area contributed by atoms with Crippen molar-refractivity contribution < 1.29 is 9.53 Å². The first kappa shape index (κ1) is 18.6. The van der Waals surface area contributed by atoms with E-state index in [4.69, 9.17) is 4.74 Å². The van der Waals surface area contributed by atoms with Crippen LogP contribution < -0.4 is 15.4 Å². The molecular weight excluding hydrogens is 382 g/mol. The highest BCUT2D eigenvalue weighted by atomic mass is 79.9. The fourth-order valence-electron chi connectivity index (χ4n) is 2.04. The second-order valence-electron chi connectivity index (χ2n) is 5.19. The predicted octanol–water partition coefficient (Wildman–Crippen LogP) is 4.61. The molecule has 2 aromatic carbocycles. The van der Waals surface area contributed by atoms with Gasteiger partial charge in [0.15, 0.2) is 0 Å². The minimum atomic E-state index is -0.479. The summed E-state index contributed by atoms with van der Waals surface area (Å²) in [6.45, 7) is 4.44. The summed E-state index contributed by atoms with van der Waals surface area (Å²) in [5.41, 5.74) is 2.42. The molecule has 1 amide bonds. The molecule has 2 aromatic rings. The first-order valence-corrected chi connectivity index (χ1v) is 8.50. The van der Waals surface area contributed by atoms with Crippen LogP contribution in [0.5, 0.6) is 5.75 Å². The maximum Gasteiger partial charge on any atom is 0.267 e. The summed E-state index contributed by atoms with van der Waals surface area (Å²) in [5, 5.41) is 14.9. The molecule has 0 saturated carbocycles. The van der Waals surface area contributed by atoms with Crippen molar-refractivity contribution in [3.05, 3.63) is 64.3 Å². The van der Waals surface area contributed by atoms with E-state index < -0.39 is 5.91 Å². The molecule has 0 unspecified atom stereocenters. The van der Waals surface area contributed by atoms with Crippen molar-refractivity contribution in [3.63, 3.8) is 0 Å². The second kappa shape index (κ2) is 8.90. The molecule has 0 atom stereocenters. The third kappa shape index (κ3) is 5.37. The number of anilines is 2. The number of carbonyl (C=O) groups is 1. The van der Waals surface area contributed by atoms with Gasteiger partial charge in [0.1, 0.15) is 17.4 Å². The van der Waals surface area contributed by atoms with Crippen molar-refractivity contribution >= 4 is 33.2 Å². The molecule has 0 aliphatic heterocycles. The van der Waals surface area contributed by atoms with Crippen LogP contribution in [0, 0.1) is 18.3 Å². The zero-order valence-electron chi connectivity index (χ0n) is 14.0. The van der Waals surface area contributed by atoms with E-state index in [0.29, 0.717) is 12.3 Å². The fourth-order valence-corrected chi connectivity index (χ4v) is 2.28. The van der Waals surface area contributed by atoms with Crippen molar-refractivity contribution in [2.24, 2.45) is 0 Å². The average molecular weight is 400 g/mol. The van der Waals surface area contributed by atoms with E-state index in [2.05, 4.69) is 26.6 Å². The maximum atomic E-state index is 12.2. The molecule has 25 heavy (non-hydrogen) atoms. The zero-order valence-corrected chi connectivity index (χ0v) is 15.6. The molecule has 0 saturated heterocycles. The molecule has 0 aromatic heterocycles. The number of hydrogen-bond donors (Lipinski definition) is 2. The summed E-state index contributed by atoms with van der Waals surface area (Å²) < 4.78 is 6.35. The van der Waals surface area contributed by atoms with E-state index in [1.807, 2.05) is 38.1 Å². The number of benzene rings is 2. The molecule has 2 rings (SSSR count). The van der Waals surface area contributed by atoms with Crippen molar-refractivity contribution in [1.82, 2.24) is 0 Å². The number of carbonyl (C=O) groups excluding carboxylic acids is 1. The van der Waals surface area contributed by atoms with Crippen LogP contribution in [0.3, 0.4) is 0 Å². The number of nitrogens with zero attached hydrogens (tertiary/aromatic N) is 1. The van der Waals surface area contributed by atoms with Gasteiger partial charge in [0.25, 0.3) is 5.91 Å². The van der Waals surface area contributed by atoms with Crippen LogP contribution in [0.25, 0.3) is 0 Å². The highest BCUT2D eigenvalue weighted by molar-refractivity contribution is 9.10. The fraction of sp³-hybridized carbons (Fsp3) is 0.158. The lowest BCUT2D eigenvalue weighted by atomic mass is 10.2. The standard InChI is InChI=1S/C19H18BrN3O2/c1-3-25-17-7-4-15(5-8-17)23-19(24)14(11-21)12-22-16-6-9-18(20)13(2)10-16/h4-10,12,22H,3H2,1-2H3,(H,23,24)/b14-12-. The zero-order chi connectivity index (χ0) is 18.2. The minimum absolute atomic E-state index is 0.0190. The van der Waals surface area contributed by atoms with E-state index in [1.165, 1.54) is 6.20 Å². The van der Waals surface area contributed by atoms with Crippen LogP contribution in [0.15, 0.2) is 58.7 Å². The Labute approximate surface area is 155 Å². The average Bonchev–Trinajstić information content (AvgIpc) is 2.60. The molecule has 0 fully saturated rings. The van der Waals surface area contributed by atoms with Crippen molar-refractivity contribution in [2.45, 2.75) is 13.8 Å². The Balaban J connectivity index is 2.04. The number of rotatable bonds is 6. The topological polar surface area (TPSA) is 74.1 Å². The first-order valence-electron chi connectivity index (χ1n) is 7.70. The Hall–Kier alpha value is -2.78. The van der Waals surface area contributed by atoms with Gasteiger partial charge in [-0.3, -0.25) is 4.79 Å². The van der Waals surface area contributed by atoms with Gasteiger partial charge >= 0.3 is 0 Å². The van der Waals surface area contributed by atoms with Crippen molar-refractivity contribution in [3.8, 4) is 11.8 Å². The number of nitrogens with one attached hydrogen (secondary N) is 2. The number of amides is 1. The summed E-state index contributed by atoms with van der Waals surface area (Å²) in [4.78, 5) is 12.2. The van der Waals surface area contributed by atoms with Gasteiger partial charge in [-0.15, -0.1) is 0 Å². The highest BCUT2D eigenvalue weighted by Gasteiger charge is 2.09. The normalized spacial score (nSPS) is 10.7. The molecule has 0 radical (unpaired) electrons. The molecule has 0 aliphatic carbocycles. The minimum Gasteiger partial charge on any atom is -0.494 e. The van der Waals surface area contributed by atoms with Gasteiger partial charge in [0.05, 0.1) is 6.61 Å². The lowest BCUT2D eigenvalue weighted by Gasteiger charge is -2.07. The summed E-state index contributed by atoms with van der Waals surface area (Å²) in [6, 6.07) is 14.5. The Morgan fingerprint density at radius 2 is 1.92 bits per heavy atom. The Morgan fingerprint density at radius 1 is 1.24 bits per heavy atom. The smallest absolute Gasteiger partial charge is 0.267 e. The molecule has 2 N–H and O–H groups in total. The molecule has 0 aliphatic rings. The Bertz CT molecular complexity index is 824. The SMILES string of the molecule is CCOc1ccc(NC(=O)/C(C#N)=C\Nc2ccc(Br)c(C)c2)cc1. The van der Waals surface area contributed by atoms with Crippen molar-refractivity contribution in [1.29, 1.82) is 5.26 Å². The van der Waals surface area contributed by atoms with Gasteiger partial charge < -0.3 is 15.4 Å². The van der Waals surface area contributed by atoms with E-state index in [-0.39, 0.29) is 5.57 Å². The number of hydrogen-bond acceptors (Lipinski definition) is 4.